The summed E-state index contributed by atoms with van der Waals surface area (Å²) in [5.41, 5.74) is 8.97. The van der Waals surface area contributed by atoms with Crippen LogP contribution in [0.2, 0.25) is 0 Å². The predicted octanol–water partition coefficient (Wildman–Crippen LogP) is 2.84. The van der Waals surface area contributed by atoms with Gasteiger partial charge in [-0.05, 0) is 37.2 Å². The second kappa shape index (κ2) is 6.48. The number of hydrogen-bond acceptors (Lipinski definition) is 4. The Morgan fingerprint density at radius 3 is 2.60 bits per heavy atom. The van der Waals surface area contributed by atoms with Crippen molar-refractivity contribution in [3.8, 4) is 0 Å². The van der Waals surface area contributed by atoms with Gasteiger partial charge in [-0.2, -0.15) is 5.10 Å². The first-order valence-electron chi connectivity index (χ1n) is 7.57. The zero-order chi connectivity index (χ0) is 14.7. The molecule has 110 valence electrons. The SMILES string of the molecule is CCCC1CC1Nc1nnc(CC)c(CC)c1C(N)=S. The van der Waals surface area contributed by atoms with Crippen molar-refractivity contribution in [1.29, 1.82) is 0 Å². The highest BCUT2D eigenvalue weighted by atomic mass is 32.1. The molecule has 20 heavy (non-hydrogen) atoms. The second-order valence-corrected chi connectivity index (χ2v) is 5.90. The fourth-order valence-corrected chi connectivity index (χ4v) is 3.05. The van der Waals surface area contributed by atoms with Crippen molar-refractivity contribution in [2.24, 2.45) is 11.7 Å². The van der Waals surface area contributed by atoms with Gasteiger partial charge >= 0.3 is 0 Å². The molecule has 2 rings (SSSR count). The van der Waals surface area contributed by atoms with Crippen molar-refractivity contribution in [2.45, 2.75) is 58.9 Å². The van der Waals surface area contributed by atoms with E-state index in [1.54, 1.807) is 0 Å². The largest absolute Gasteiger partial charge is 0.389 e. The van der Waals surface area contributed by atoms with Crippen molar-refractivity contribution in [3.63, 3.8) is 0 Å². The summed E-state index contributed by atoms with van der Waals surface area (Å²) in [7, 11) is 0. The minimum absolute atomic E-state index is 0.418. The molecule has 1 aromatic heterocycles. The molecule has 2 unspecified atom stereocenters. The monoisotopic (exact) mass is 292 g/mol. The fourth-order valence-electron chi connectivity index (χ4n) is 2.83. The van der Waals surface area contributed by atoms with Crippen LogP contribution in [0.3, 0.4) is 0 Å². The number of thiocarbonyl (C=S) groups is 1. The van der Waals surface area contributed by atoms with E-state index in [1.807, 2.05) is 0 Å². The molecular weight excluding hydrogens is 268 g/mol. The smallest absolute Gasteiger partial charge is 0.159 e. The molecule has 0 bridgehead atoms. The summed E-state index contributed by atoms with van der Waals surface area (Å²) in [5.74, 6) is 1.53. The van der Waals surface area contributed by atoms with Crippen LogP contribution in [-0.2, 0) is 12.8 Å². The van der Waals surface area contributed by atoms with E-state index >= 15 is 0 Å². The molecule has 1 heterocycles. The fraction of sp³-hybridized carbons (Fsp3) is 0.667. The molecule has 4 nitrogen and oxygen atoms in total. The number of aromatic nitrogens is 2. The van der Waals surface area contributed by atoms with E-state index in [4.69, 9.17) is 18.0 Å². The highest BCUT2D eigenvalue weighted by Crippen LogP contribution is 2.37. The number of rotatable bonds is 7. The lowest BCUT2D eigenvalue weighted by Crippen LogP contribution is -2.20. The molecule has 0 saturated heterocycles. The molecule has 0 aliphatic heterocycles. The maximum absolute atomic E-state index is 5.93. The number of nitrogens with two attached hydrogens (primary N) is 1. The quantitative estimate of drug-likeness (QED) is 0.757. The van der Waals surface area contributed by atoms with Crippen molar-refractivity contribution in [1.82, 2.24) is 10.2 Å². The maximum Gasteiger partial charge on any atom is 0.159 e. The van der Waals surface area contributed by atoms with Gasteiger partial charge in [-0.15, -0.1) is 5.10 Å². The first kappa shape index (κ1) is 15.2. The average Bonchev–Trinajstić information content (AvgIpc) is 3.16. The van der Waals surface area contributed by atoms with Crippen LogP contribution >= 0.6 is 12.2 Å². The van der Waals surface area contributed by atoms with Gasteiger partial charge in [0.05, 0.1) is 11.3 Å². The number of nitrogens with zero attached hydrogens (tertiary/aromatic N) is 2. The van der Waals surface area contributed by atoms with Crippen LogP contribution < -0.4 is 11.1 Å². The van der Waals surface area contributed by atoms with Gasteiger partial charge in [-0.25, -0.2) is 0 Å². The van der Waals surface area contributed by atoms with E-state index in [0.29, 0.717) is 11.0 Å². The number of anilines is 1. The van der Waals surface area contributed by atoms with Gasteiger partial charge in [0, 0.05) is 6.04 Å². The standard InChI is InChI=1S/C15H24N4S/c1-4-7-9-8-12(9)17-15-13(14(16)20)10(5-2)11(6-3)18-19-15/h9,12H,4-8H2,1-3H3,(H2,16,20)(H,17,19). The molecular formula is C15H24N4S. The molecule has 3 N–H and O–H groups in total. The van der Waals surface area contributed by atoms with Crippen LogP contribution in [0.5, 0.6) is 0 Å². The first-order chi connectivity index (χ1) is 9.62. The van der Waals surface area contributed by atoms with Crippen molar-refractivity contribution in [2.75, 3.05) is 5.32 Å². The maximum atomic E-state index is 5.93. The van der Waals surface area contributed by atoms with Crippen molar-refractivity contribution < 1.29 is 0 Å². The lowest BCUT2D eigenvalue weighted by molar-refractivity contribution is 0.691. The van der Waals surface area contributed by atoms with Crippen LogP contribution in [-0.4, -0.2) is 21.2 Å². The zero-order valence-corrected chi connectivity index (χ0v) is 13.4. The van der Waals surface area contributed by atoms with Gasteiger partial charge in [0.15, 0.2) is 5.82 Å². The minimum atomic E-state index is 0.418. The average molecular weight is 292 g/mol. The van der Waals surface area contributed by atoms with E-state index in [9.17, 15) is 0 Å². The van der Waals surface area contributed by atoms with Gasteiger partial charge < -0.3 is 11.1 Å². The summed E-state index contributed by atoms with van der Waals surface area (Å²) < 4.78 is 0. The van der Waals surface area contributed by atoms with Gasteiger partial charge in [0.2, 0.25) is 0 Å². The van der Waals surface area contributed by atoms with Gasteiger partial charge in [-0.3, -0.25) is 0 Å². The van der Waals surface area contributed by atoms with Crippen molar-refractivity contribution >= 4 is 23.0 Å². The Kier molecular flexibility index (Phi) is 4.91. The zero-order valence-electron chi connectivity index (χ0n) is 12.6. The van der Waals surface area contributed by atoms with Crippen LogP contribution in [0, 0.1) is 5.92 Å². The third-order valence-corrected chi connectivity index (χ3v) is 4.20. The van der Waals surface area contributed by atoms with E-state index in [1.165, 1.54) is 19.3 Å². The Morgan fingerprint density at radius 1 is 1.30 bits per heavy atom. The molecule has 1 aromatic rings. The number of aryl methyl sites for hydroxylation is 1. The van der Waals surface area contributed by atoms with Crippen LogP contribution in [0.25, 0.3) is 0 Å². The molecule has 5 heteroatoms. The molecule has 1 aliphatic rings. The normalized spacial score (nSPS) is 20.8. The molecule has 2 atom stereocenters. The summed E-state index contributed by atoms with van der Waals surface area (Å²) in [6, 6.07) is 0.509. The van der Waals surface area contributed by atoms with Crippen LogP contribution in [0.15, 0.2) is 0 Å². The minimum Gasteiger partial charge on any atom is -0.389 e. The Labute approximate surface area is 126 Å². The van der Waals surface area contributed by atoms with Gasteiger partial charge in [-0.1, -0.05) is 39.4 Å². The van der Waals surface area contributed by atoms with Crippen molar-refractivity contribution in [3.05, 3.63) is 16.8 Å². The molecule has 1 fully saturated rings. The number of nitrogens with one attached hydrogen (secondary N) is 1. The van der Waals surface area contributed by atoms with E-state index in [-0.39, 0.29) is 0 Å². The van der Waals surface area contributed by atoms with Gasteiger partial charge in [0.1, 0.15) is 4.99 Å². The Bertz CT molecular complexity index is 501. The molecule has 1 aliphatic carbocycles. The van der Waals surface area contributed by atoms with Crippen LogP contribution in [0.1, 0.15) is 56.9 Å². The third-order valence-electron chi connectivity index (χ3n) is 4.00. The molecule has 0 spiro atoms. The molecule has 0 aromatic carbocycles. The predicted molar refractivity (Wildman–Crippen MR) is 87.1 cm³/mol. The third kappa shape index (κ3) is 3.08. The summed E-state index contributed by atoms with van der Waals surface area (Å²) >= 11 is 5.23. The summed E-state index contributed by atoms with van der Waals surface area (Å²) in [6.07, 6.45) is 5.44. The number of hydrogen-bond donors (Lipinski definition) is 2. The lowest BCUT2D eigenvalue weighted by atomic mass is 10.0. The topological polar surface area (TPSA) is 63.8 Å². The highest BCUT2D eigenvalue weighted by Gasteiger charge is 2.37. The van der Waals surface area contributed by atoms with E-state index in [0.717, 1.165) is 41.4 Å². The van der Waals surface area contributed by atoms with Crippen LogP contribution in [0.4, 0.5) is 5.82 Å². The van der Waals surface area contributed by atoms with E-state index in [2.05, 4.69) is 36.3 Å². The molecule has 0 radical (unpaired) electrons. The van der Waals surface area contributed by atoms with E-state index < -0.39 is 0 Å². The Hall–Kier alpha value is -1.23. The summed E-state index contributed by atoms with van der Waals surface area (Å²) in [4.78, 5) is 0.418. The Balaban J connectivity index is 2.26. The summed E-state index contributed by atoms with van der Waals surface area (Å²) in [5, 5.41) is 12.1. The first-order valence-corrected chi connectivity index (χ1v) is 7.97. The highest BCUT2D eigenvalue weighted by molar-refractivity contribution is 7.80. The molecule has 1 saturated carbocycles. The Morgan fingerprint density at radius 2 is 2.05 bits per heavy atom. The van der Waals surface area contributed by atoms with Gasteiger partial charge in [0.25, 0.3) is 0 Å². The lowest BCUT2D eigenvalue weighted by Gasteiger charge is -2.15. The molecule has 0 amide bonds. The second-order valence-electron chi connectivity index (χ2n) is 5.46. The summed E-state index contributed by atoms with van der Waals surface area (Å²) in [6.45, 7) is 6.41.